The van der Waals surface area contributed by atoms with Crippen molar-refractivity contribution in [2.75, 3.05) is 7.11 Å². The number of Topliss-reactive ketones (excluding diaryl/α,β-unsaturated/α-hetero) is 1. The average molecular weight is 281 g/mol. The normalized spacial score (nSPS) is 10.3. The number of halogens is 2. The Bertz CT molecular complexity index is 619. The van der Waals surface area contributed by atoms with E-state index in [9.17, 15) is 9.18 Å². The van der Waals surface area contributed by atoms with Crippen LogP contribution in [0.5, 0.6) is 5.88 Å². The van der Waals surface area contributed by atoms with Crippen molar-refractivity contribution in [2.24, 2.45) is 0 Å². The van der Waals surface area contributed by atoms with Crippen LogP contribution >= 0.6 is 11.6 Å². The van der Waals surface area contributed by atoms with Gasteiger partial charge in [0.15, 0.2) is 5.78 Å². The van der Waals surface area contributed by atoms with Crippen LogP contribution < -0.4 is 4.74 Å². The molecule has 2 aromatic rings. The molecule has 1 aromatic carbocycles. The molecule has 0 saturated carbocycles. The van der Waals surface area contributed by atoms with Crippen molar-refractivity contribution in [3.63, 3.8) is 0 Å². The van der Waals surface area contributed by atoms with Gasteiger partial charge in [0.25, 0.3) is 0 Å². The van der Waals surface area contributed by atoms with Crippen LogP contribution in [-0.4, -0.2) is 22.9 Å². The minimum absolute atomic E-state index is 0.00204. The van der Waals surface area contributed by atoms with Crippen LogP contribution in [0.1, 0.15) is 16.1 Å². The summed E-state index contributed by atoms with van der Waals surface area (Å²) in [6.45, 7) is 0. The van der Waals surface area contributed by atoms with E-state index >= 15 is 0 Å². The second kappa shape index (κ2) is 5.75. The topological polar surface area (TPSA) is 52.1 Å². The molecule has 2 rings (SSSR count). The summed E-state index contributed by atoms with van der Waals surface area (Å²) in [5.74, 6) is -0.568. The van der Waals surface area contributed by atoms with Gasteiger partial charge in [-0.3, -0.25) is 4.79 Å². The minimum Gasteiger partial charge on any atom is -0.481 e. The number of nitrogens with zero attached hydrogens (tertiary/aromatic N) is 2. The predicted octanol–water partition coefficient (Wildman–Crippen LogP) is 2.70. The molecule has 0 radical (unpaired) electrons. The van der Waals surface area contributed by atoms with Crippen molar-refractivity contribution in [3.05, 3.63) is 52.7 Å². The van der Waals surface area contributed by atoms with Crippen LogP contribution in [0.15, 0.2) is 30.6 Å². The first kappa shape index (κ1) is 13.4. The van der Waals surface area contributed by atoms with Gasteiger partial charge in [-0.15, -0.1) is 0 Å². The van der Waals surface area contributed by atoms with Gasteiger partial charge in [0, 0.05) is 11.6 Å². The molecule has 98 valence electrons. The van der Waals surface area contributed by atoms with Crippen LogP contribution in [0, 0.1) is 5.82 Å². The largest absolute Gasteiger partial charge is 0.481 e. The van der Waals surface area contributed by atoms with E-state index in [0.717, 1.165) is 0 Å². The Morgan fingerprint density at radius 2 is 2.21 bits per heavy atom. The molecular formula is C13H10ClFN2O2. The minimum atomic E-state index is -0.618. The second-order valence-electron chi connectivity index (χ2n) is 3.75. The van der Waals surface area contributed by atoms with Crippen LogP contribution in [-0.2, 0) is 6.42 Å². The zero-order valence-corrected chi connectivity index (χ0v) is 10.8. The lowest BCUT2D eigenvalue weighted by Gasteiger charge is -2.05. The Morgan fingerprint density at radius 3 is 2.95 bits per heavy atom. The van der Waals surface area contributed by atoms with Gasteiger partial charge in [-0.05, 0) is 12.1 Å². The van der Waals surface area contributed by atoms with E-state index in [4.69, 9.17) is 16.3 Å². The molecule has 0 spiro atoms. The van der Waals surface area contributed by atoms with Crippen LogP contribution in [0.25, 0.3) is 0 Å². The Balaban J connectivity index is 2.23. The molecule has 0 bridgehead atoms. The van der Waals surface area contributed by atoms with Gasteiger partial charge < -0.3 is 4.74 Å². The standard InChI is InChI=1S/C13H10ClFN2O2/c1-19-12-6-8(16-7-17-12)5-11(18)9-3-2-4-10(15)13(9)14/h2-4,6-7H,5H2,1H3. The molecule has 1 heterocycles. The summed E-state index contributed by atoms with van der Waals surface area (Å²) < 4.78 is 18.2. The molecule has 1 aromatic heterocycles. The number of rotatable bonds is 4. The number of hydrogen-bond acceptors (Lipinski definition) is 4. The number of hydrogen-bond donors (Lipinski definition) is 0. The maximum absolute atomic E-state index is 13.3. The van der Waals surface area contributed by atoms with Crippen molar-refractivity contribution in [2.45, 2.75) is 6.42 Å². The molecule has 0 fully saturated rings. The van der Waals surface area contributed by atoms with E-state index < -0.39 is 5.82 Å². The summed E-state index contributed by atoms with van der Waals surface area (Å²) in [7, 11) is 1.47. The molecule has 0 amide bonds. The maximum Gasteiger partial charge on any atom is 0.216 e. The average Bonchev–Trinajstić information content (AvgIpc) is 2.42. The number of methoxy groups -OCH3 is 1. The summed E-state index contributed by atoms with van der Waals surface area (Å²) in [5, 5.41) is -0.173. The van der Waals surface area contributed by atoms with Crippen molar-refractivity contribution >= 4 is 17.4 Å². The molecule has 0 aliphatic heterocycles. The van der Waals surface area contributed by atoms with E-state index in [1.165, 1.54) is 31.6 Å². The third-order valence-electron chi connectivity index (χ3n) is 2.50. The van der Waals surface area contributed by atoms with E-state index in [1.807, 2.05) is 0 Å². The van der Waals surface area contributed by atoms with Gasteiger partial charge in [-0.1, -0.05) is 17.7 Å². The van der Waals surface area contributed by atoms with E-state index in [1.54, 1.807) is 6.07 Å². The molecule has 0 atom stereocenters. The molecule has 0 saturated heterocycles. The summed E-state index contributed by atoms with van der Waals surface area (Å²) in [6.07, 6.45) is 1.30. The van der Waals surface area contributed by atoms with E-state index in [2.05, 4.69) is 9.97 Å². The van der Waals surface area contributed by atoms with Gasteiger partial charge in [0.1, 0.15) is 12.1 Å². The predicted molar refractivity (Wildman–Crippen MR) is 68.0 cm³/mol. The molecule has 4 nitrogen and oxygen atoms in total. The molecule has 0 N–H and O–H groups in total. The van der Waals surface area contributed by atoms with Gasteiger partial charge in [-0.25, -0.2) is 14.4 Å². The SMILES string of the molecule is COc1cc(CC(=O)c2cccc(F)c2Cl)ncn1. The first-order valence-corrected chi connectivity index (χ1v) is 5.81. The monoisotopic (exact) mass is 280 g/mol. The lowest BCUT2D eigenvalue weighted by Crippen LogP contribution is -2.07. The maximum atomic E-state index is 13.3. The number of ketones is 1. The lowest BCUT2D eigenvalue weighted by molar-refractivity contribution is 0.0991. The van der Waals surface area contributed by atoms with Crippen LogP contribution in [0.4, 0.5) is 4.39 Å². The number of carbonyl (C=O) groups is 1. The van der Waals surface area contributed by atoms with Gasteiger partial charge in [-0.2, -0.15) is 0 Å². The highest BCUT2D eigenvalue weighted by atomic mass is 35.5. The molecule has 0 aliphatic rings. The second-order valence-corrected chi connectivity index (χ2v) is 4.13. The summed E-state index contributed by atoms with van der Waals surface area (Å²) in [4.78, 5) is 19.8. The van der Waals surface area contributed by atoms with Crippen LogP contribution in [0.2, 0.25) is 5.02 Å². The summed E-state index contributed by atoms with van der Waals surface area (Å²) in [5.41, 5.74) is 0.622. The molecule has 19 heavy (non-hydrogen) atoms. The Morgan fingerprint density at radius 1 is 1.42 bits per heavy atom. The quantitative estimate of drug-likeness (QED) is 0.808. The molecule has 0 unspecified atom stereocenters. The fourth-order valence-corrected chi connectivity index (χ4v) is 1.80. The Kier molecular flexibility index (Phi) is 4.06. The first-order valence-electron chi connectivity index (χ1n) is 5.44. The third kappa shape index (κ3) is 3.06. The van der Waals surface area contributed by atoms with E-state index in [0.29, 0.717) is 11.6 Å². The zero-order chi connectivity index (χ0) is 13.8. The molecular weight excluding hydrogens is 271 g/mol. The van der Waals surface area contributed by atoms with E-state index in [-0.39, 0.29) is 22.8 Å². The number of aromatic nitrogens is 2. The zero-order valence-electron chi connectivity index (χ0n) is 10.1. The van der Waals surface area contributed by atoms with Gasteiger partial charge in [0.2, 0.25) is 5.88 Å². The smallest absolute Gasteiger partial charge is 0.216 e. The summed E-state index contributed by atoms with van der Waals surface area (Å²) >= 11 is 5.76. The first-order chi connectivity index (χ1) is 9.11. The number of ether oxygens (including phenoxy) is 1. The Hall–Kier alpha value is -2.01. The number of carbonyl (C=O) groups excluding carboxylic acids is 1. The highest BCUT2D eigenvalue weighted by Gasteiger charge is 2.15. The van der Waals surface area contributed by atoms with Crippen molar-refractivity contribution in [1.82, 2.24) is 9.97 Å². The van der Waals surface area contributed by atoms with Crippen molar-refractivity contribution in [3.8, 4) is 5.88 Å². The Labute approximate surface area is 114 Å². The highest BCUT2D eigenvalue weighted by Crippen LogP contribution is 2.21. The highest BCUT2D eigenvalue weighted by molar-refractivity contribution is 6.34. The van der Waals surface area contributed by atoms with Gasteiger partial charge >= 0.3 is 0 Å². The number of benzene rings is 1. The van der Waals surface area contributed by atoms with Crippen molar-refractivity contribution < 1.29 is 13.9 Å². The van der Waals surface area contributed by atoms with Crippen molar-refractivity contribution in [1.29, 1.82) is 0 Å². The summed E-state index contributed by atoms with van der Waals surface area (Å²) in [6, 6.07) is 5.67. The van der Waals surface area contributed by atoms with Crippen LogP contribution in [0.3, 0.4) is 0 Å². The van der Waals surface area contributed by atoms with Gasteiger partial charge in [0.05, 0.1) is 24.2 Å². The molecule has 0 aliphatic carbocycles. The fourth-order valence-electron chi connectivity index (χ4n) is 1.56. The third-order valence-corrected chi connectivity index (χ3v) is 2.89. The fraction of sp³-hybridized carbons (Fsp3) is 0.154. The molecule has 6 heteroatoms. The lowest BCUT2D eigenvalue weighted by atomic mass is 10.1.